The van der Waals surface area contributed by atoms with Crippen LogP contribution >= 0.6 is 22.7 Å². The quantitative estimate of drug-likeness (QED) is 0.341. The molecule has 0 saturated carbocycles. The fraction of sp³-hybridized carbons (Fsp3) is 0.0435. The van der Waals surface area contributed by atoms with Crippen LogP contribution < -0.4 is 4.80 Å². The summed E-state index contributed by atoms with van der Waals surface area (Å²) in [5, 5.41) is 10.2. The largest absolute Gasteiger partial charge is 0.361 e. The van der Waals surface area contributed by atoms with Crippen molar-refractivity contribution < 1.29 is 0 Å². The normalized spacial score (nSPS) is 12.4. The first-order valence-corrected chi connectivity index (χ1v) is 11.0. The summed E-state index contributed by atoms with van der Waals surface area (Å²) in [5.74, 6) is 0. The van der Waals surface area contributed by atoms with E-state index in [-0.39, 0.29) is 0 Å². The fourth-order valence-electron chi connectivity index (χ4n) is 3.13. The standard InChI is InChI=1S/C23H18N4S2/c1-16-8-10-18(11-9-16)26-23-27(21(15-29-23)22-7-4-12-28-22)25-14-17-13-24-20-6-3-2-5-19(17)20/h2-15,24H,1H3. The zero-order valence-electron chi connectivity index (χ0n) is 15.7. The number of nitrogens with one attached hydrogen (secondary N) is 1. The van der Waals surface area contributed by atoms with E-state index >= 15 is 0 Å². The minimum atomic E-state index is 0.841. The van der Waals surface area contributed by atoms with Crippen LogP contribution in [0.2, 0.25) is 0 Å². The van der Waals surface area contributed by atoms with Gasteiger partial charge in [0.15, 0.2) is 0 Å². The van der Waals surface area contributed by atoms with Gasteiger partial charge in [-0.05, 0) is 36.6 Å². The van der Waals surface area contributed by atoms with Crippen LogP contribution in [0.15, 0.2) is 87.7 Å². The summed E-state index contributed by atoms with van der Waals surface area (Å²) < 4.78 is 1.93. The monoisotopic (exact) mass is 414 g/mol. The molecule has 0 unspecified atom stereocenters. The molecule has 0 fully saturated rings. The van der Waals surface area contributed by atoms with E-state index in [2.05, 4.69) is 59.1 Å². The lowest BCUT2D eigenvalue weighted by Crippen LogP contribution is -2.11. The Morgan fingerprint density at radius 3 is 2.66 bits per heavy atom. The van der Waals surface area contributed by atoms with Crippen molar-refractivity contribution in [2.75, 3.05) is 0 Å². The Morgan fingerprint density at radius 1 is 0.966 bits per heavy atom. The number of H-pyrrole nitrogens is 1. The number of para-hydroxylation sites is 1. The van der Waals surface area contributed by atoms with Gasteiger partial charge in [0.1, 0.15) is 0 Å². The van der Waals surface area contributed by atoms with Crippen molar-refractivity contribution in [1.29, 1.82) is 0 Å². The van der Waals surface area contributed by atoms with Crippen LogP contribution in [0.3, 0.4) is 0 Å². The molecule has 3 heterocycles. The lowest BCUT2D eigenvalue weighted by atomic mass is 10.2. The van der Waals surface area contributed by atoms with Crippen LogP contribution in [0, 0.1) is 6.92 Å². The molecule has 3 aromatic heterocycles. The molecular formula is C23H18N4S2. The summed E-state index contributed by atoms with van der Waals surface area (Å²) in [6.45, 7) is 2.08. The molecule has 0 spiro atoms. The molecule has 2 aromatic carbocycles. The SMILES string of the molecule is Cc1ccc(N=c2scc(-c3cccs3)n2N=Cc2c[nH]c3ccccc23)cc1. The van der Waals surface area contributed by atoms with Gasteiger partial charge >= 0.3 is 0 Å². The third kappa shape index (κ3) is 3.60. The van der Waals surface area contributed by atoms with E-state index < -0.39 is 0 Å². The zero-order valence-corrected chi connectivity index (χ0v) is 17.4. The first-order valence-electron chi connectivity index (χ1n) is 9.24. The van der Waals surface area contributed by atoms with Crippen LogP contribution in [0.4, 0.5) is 5.69 Å². The fourth-order valence-corrected chi connectivity index (χ4v) is 4.78. The molecule has 0 saturated heterocycles. The molecule has 0 amide bonds. The Bertz CT molecular complexity index is 1350. The van der Waals surface area contributed by atoms with Crippen molar-refractivity contribution in [1.82, 2.24) is 9.66 Å². The summed E-state index contributed by atoms with van der Waals surface area (Å²) in [6.07, 6.45) is 3.89. The summed E-state index contributed by atoms with van der Waals surface area (Å²) in [5.41, 5.74) is 5.35. The Labute approximate surface area is 176 Å². The van der Waals surface area contributed by atoms with Crippen molar-refractivity contribution in [3.05, 3.63) is 93.5 Å². The number of benzene rings is 2. The third-order valence-electron chi connectivity index (χ3n) is 4.65. The molecule has 4 nitrogen and oxygen atoms in total. The topological polar surface area (TPSA) is 45.4 Å². The Hall–Kier alpha value is -3.22. The molecule has 5 aromatic rings. The molecule has 0 aliphatic rings. The van der Waals surface area contributed by atoms with E-state index in [0.717, 1.165) is 32.6 Å². The summed E-state index contributed by atoms with van der Waals surface area (Å²) in [6, 6.07) is 20.6. The van der Waals surface area contributed by atoms with Crippen molar-refractivity contribution in [3.8, 4) is 10.6 Å². The van der Waals surface area contributed by atoms with Crippen LogP contribution in [-0.4, -0.2) is 15.9 Å². The number of aromatic amines is 1. The van der Waals surface area contributed by atoms with E-state index in [4.69, 9.17) is 10.1 Å². The predicted octanol–water partition coefficient (Wildman–Crippen LogP) is 6.18. The van der Waals surface area contributed by atoms with Gasteiger partial charge in [0.05, 0.1) is 22.5 Å². The Morgan fingerprint density at radius 2 is 1.83 bits per heavy atom. The molecule has 29 heavy (non-hydrogen) atoms. The highest BCUT2D eigenvalue weighted by Gasteiger charge is 2.09. The number of nitrogens with zero attached hydrogens (tertiary/aromatic N) is 3. The van der Waals surface area contributed by atoms with Crippen LogP contribution in [-0.2, 0) is 0 Å². The number of aryl methyl sites for hydroxylation is 1. The maximum atomic E-state index is 4.84. The average molecular weight is 415 g/mol. The van der Waals surface area contributed by atoms with E-state index in [1.165, 1.54) is 10.4 Å². The highest BCUT2D eigenvalue weighted by Crippen LogP contribution is 2.26. The lowest BCUT2D eigenvalue weighted by Gasteiger charge is -2.01. The molecule has 5 rings (SSSR count). The Kier molecular flexibility index (Phi) is 4.71. The molecule has 0 aliphatic heterocycles. The maximum absolute atomic E-state index is 4.84. The minimum absolute atomic E-state index is 0.841. The molecule has 6 heteroatoms. The first-order chi connectivity index (χ1) is 14.3. The highest BCUT2D eigenvalue weighted by atomic mass is 32.1. The van der Waals surface area contributed by atoms with Gasteiger partial charge in [-0.15, -0.1) is 22.7 Å². The van der Waals surface area contributed by atoms with E-state index in [9.17, 15) is 0 Å². The molecule has 0 atom stereocenters. The van der Waals surface area contributed by atoms with Crippen molar-refractivity contribution in [2.45, 2.75) is 6.92 Å². The lowest BCUT2D eigenvalue weighted by molar-refractivity contribution is 0.856. The van der Waals surface area contributed by atoms with Crippen molar-refractivity contribution in [2.24, 2.45) is 10.1 Å². The van der Waals surface area contributed by atoms with Gasteiger partial charge in [0.25, 0.3) is 0 Å². The average Bonchev–Trinajstić information content (AvgIpc) is 3.48. The summed E-state index contributed by atoms with van der Waals surface area (Å²) in [4.78, 5) is 10.2. The number of thiazole rings is 1. The van der Waals surface area contributed by atoms with Crippen molar-refractivity contribution >= 4 is 45.5 Å². The number of fused-ring (bicyclic) bond motifs is 1. The molecule has 1 N–H and O–H groups in total. The van der Waals surface area contributed by atoms with Gasteiger partial charge in [-0.1, -0.05) is 42.0 Å². The Balaban J connectivity index is 1.63. The van der Waals surface area contributed by atoms with Gasteiger partial charge in [0.2, 0.25) is 4.80 Å². The van der Waals surface area contributed by atoms with E-state index in [0.29, 0.717) is 0 Å². The molecular weight excluding hydrogens is 396 g/mol. The van der Waals surface area contributed by atoms with Gasteiger partial charge in [-0.2, -0.15) is 5.10 Å². The number of hydrogen-bond acceptors (Lipinski definition) is 4. The number of rotatable bonds is 4. The second-order valence-electron chi connectivity index (χ2n) is 6.67. The summed E-state index contributed by atoms with van der Waals surface area (Å²) >= 11 is 3.30. The number of hydrogen-bond donors (Lipinski definition) is 1. The second kappa shape index (κ2) is 7.66. The van der Waals surface area contributed by atoms with Crippen LogP contribution in [0.1, 0.15) is 11.1 Å². The zero-order chi connectivity index (χ0) is 19.6. The number of thiophene rings is 1. The first kappa shape index (κ1) is 17.8. The van der Waals surface area contributed by atoms with E-state index in [1.807, 2.05) is 41.4 Å². The van der Waals surface area contributed by atoms with Gasteiger partial charge in [-0.25, -0.2) is 9.67 Å². The predicted molar refractivity (Wildman–Crippen MR) is 123 cm³/mol. The molecule has 142 valence electrons. The maximum Gasteiger partial charge on any atom is 0.211 e. The molecule has 0 bridgehead atoms. The molecule has 0 radical (unpaired) electrons. The molecule has 0 aliphatic carbocycles. The van der Waals surface area contributed by atoms with Crippen LogP contribution in [0.25, 0.3) is 21.5 Å². The summed E-state index contributed by atoms with van der Waals surface area (Å²) in [7, 11) is 0. The van der Waals surface area contributed by atoms with Crippen molar-refractivity contribution in [3.63, 3.8) is 0 Å². The van der Waals surface area contributed by atoms with Crippen LogP contribution in [0.5, 0.6) is 0 Å². The smallest absolute Gasteiger partial charge is 0.211 e. The van der Waals surface area contributed by atoms with Gasteiger partial charge < -0.3 is 4.98 Å². The third-order valence-corrected chi connectivity index (χ3v) is 6.36. The van der Waals surface area contributed by atoms with Gasteiger partial charge in [0, 0.05) is 28.0 Å². The number of aromatic nitrogens is 2. The minimum Gasteiger partial charge on any atom is -0.361 e. The van der Waals surface area contributed by atoms with E-state index in [1.54, 1.807) is 22.7 Å². The second-order valence-corrected chi connectivity index (χ2v) is 8.46. The highest BCUT2D eigenvalue weighted by molar-refractivity contribution is 7.14. The van der Waals surface area contributed by atoms with Gasteiger partial charge in [-0.3, -0.25) is 0 Å².